The Hall–Kier alpha value is -2.14. The van der Waals surface area contributed by atoms with Crippen molar-refractivity contribution in [1.82, 2.24) is 0 Å². The van der Waals surface area contributed by atoms with Crippen LogP contribution in [0.25, 0.3) is 11.0 Å². The predicted molar refractivity (Wildman–Crippen MR) is 81.3 cm³/mol. The van der Waals surface area contributed by atoms with Crippen molar-refractivity contribution in [3.05, 3.63) is 44.8 Å². The fourth-order valence-corrected chi connectivity index (χ4v) is 3.26. The van der Waals surface area contributed by atoms with E-state index < -0.39 is 12.1 Å². The van der Waals surface area contributed by atoms with E-state index in [0.717, 1.165) is 42.0 Å². The van der Waals surface area contributed by atoms with Gasteiger partial charge in [0.2, 0.25) is 5.76 Å². The summed E-state index contributed by atoms with van der Waals surface area (Å²) in [6.07, 6.45) is 3.35. The lowest BCUT2D eigenvalue weighted by atomic mass is 9.84. The molecule has 0 spiro atoms. The molecular weight excluding hydrogens is 284 g/mol. The van der Waals surface area contributed by atoms with Crippen LogP contribution in [0.2, 0.25) is 0 Å². The largest absolute Gasteiger partial charge is 0.475 e. The van der Waals surface area contributed by atoms with Gasteiger partial charge in [-0.25, -0.2) is 4.79 Å². The fourth-order valence-electron chi connectivity index (χ4n) is 3.26. The molecule has 1 atom stereocenters. The van der Waals surface area contributed by atoms with Crippen LogP contribution >= 0.6 is 0 Å². The van der Waals surface area contributed by atoms with E-state index in [1.54, 1.807) is 6.07 Å². The maximum absolute atomic E-state index is 12.2. The molecule has 2 aromatic rings. The van der Waals surface area contributed by atoms with Crippen LogP contribution < -0.4 is 5.43 Å². The Labute approximate surface area is 127 Å². The van der Waals surface area contributed by atoms with Crippen molar-refractivity contribution in [2.24, 2.45) is 0 Å². The number of aromatic carboxylic acids is 1. The van der Waals surface area contributed by atoms with Gasteiger partial charge < -0.3 is 14.6 Å². The summed E-state index contributed by atoms with van der Waals surface area (Å²) in [7, 11) is 0. The van der Waals surface area contributed by atoms with E-state index in [-0.39, 0.29) is 11.2 Å². The van der Waals surface area contributed by atoms with Crippen molar-refractivity contribution in [3.63, 3.8) is 0 Å². The Morgan fingerprint density at radius 2 is 2.18 bits per heavy atom. The summed E-state index contributed by atoms with van der Waals surface area (Å²) < 4.78 is 5.51. The first kappa shape index (κ1) is 14.8. The zero-order valence-corrected chi connectivity index (χ0v) is 12.4. The van der Waals surface area contributed by atoms with Gasteiger partial charge in [0.25, 0.3) is 0 Å². The topological polar surface area (TPSA) is 87.7 Å². The maximum Gasteiger partial charge on any atom is 0.371 e. The molecule has 1 aromatic heterocycles. The smallest absolute Gasteiger partial charge is 0.371 e. The van der Waals surface area contributed by atoms with E-state index in [0.29, 0.717) is 23.8 Å². The molecule has 5 heteroatoms. The van der Waals surface area contributed by atoms with Crippen molar-refractivity contribution in [2.45, 2.75) is 45.1 Å². The zero-order valence-electron chi connectivity index (χ0n) is 12.4. The normalized spacial score (nSPS) is 17.5. The first-order chi connectivity index (χ1) is 10.5. The van der Waals surface area contributed by atoms with Gasteiger partial charge in [-0.3, -0.25) is 4.79 Å². The van der Waals surface area contributed by atoms with Gasteiger partial charge >= 0.3 is 5.97 Å². The van der Waals surface area contributed by atoms with Gasteiger partial charge in [0.15, 0.2) is 5.43 Å². The van der Waals surface area contributed by atoms with Crippen LogP contribution in [0.3, 0.4) is 0 Å². The summed E-state index contributed by atoms with van der Waals surface area (Å²) in [6.45, 7) is 2.02. The first-order valence-electron chi connectivity index (χ1n) is 7.56. The predicted octanol–water partition coefficient (Wildman–Crippen LogP) is 2.81. The molecule has 1 aromatic carbocycles. The van der Waals surface area contributed by atoms with Crippen molar-refractivity contribution in [3.8, 4) is 0 Å². The van der Waals surface area contributed by atoms with Crippen molar-refractivity contribution in [1.29, 1.82) is 0 Å². The molecule has 0 aliphatic heterocycles. The van der Waals surface area contributed by atoms with Gasteiger partial charge in [-0.05, 0) is 48.4 Å². The minimum Gasteiger partial charge on any atom is -0.475 e. The van der Waals surface area contributed by atoms with Gasteiger partial charge in [0, 0.05) is 6.07 Å². The number of carboxylic acids is 1. The fraction of sp³-hybridized carbons (Fsp3) is 0.412. The first-order valence-corrected chi connectivity index (χ1v) is 7.56. The molecule has 0 amide bonds. The maximum atomic E-state index is 12.2. The van der Waals surface area contributed by atoms with E-state index in [2.05, 4.69) is 0 Å². The molecular formula is C17H18O5. The van der Waals surface area contributed by atoms with Crippen LogP contribution in [-0.2, 0) is 12.8 Å². The summed E-state index contributed by atoms with van der Waals surface area (Å²) in [6, 6.07) is 2.67. The molecule has 0 radical (unpaired) electrons. The van der Waals surface area contributed by atoms with E-state index in [9.17, 15) is 14.7 Å². The summed E-state index contributed by atoms with van der Waals surface area (Å²) in [4.78, 5) is 23.4. The standard InChI is InChI=1S/C17H18O5/c1-2-4-10-9-5-3-6-13(18)11(9)7-12-14(19)8-15(17(20)21)22-16(10)12/h7-8,13,18H,2-6H2,1H3,(H,20,21). The summed E-state index contributed by atoms with van der Waals surface area (Å²) in [5.41, 5.74) is 2.65. The molecule has 116 valence electrons. The highest BCUT2D eigenvalue weighted by molar-refractivity contribution is 5.89. The minimum absolute atomic E-state index is 0.342. The second kappa shape index (κ2) is 5.57. The zero-order chi connectivity index (χ0) is 15.9. The molecule has 3 rings (SSSR count). The molecule has 1 aliphatic carbocycles. The summed E-state index contributed by atoms with van der Waals surface area (Å²) in [5, 5.41) is 19.7. The van der Waals surface area contributed by atoms with E-state index in [4.69, 9.17) is 9.52 Å². The lowest BCUT2D eigenvalue weighted by Crippen LogP contribution is -2.15. The Morgan fingerprint density at radius 1 is 1.41 bits per heavy atom. The van der Waals surface area contributed by atoms with E-state index >= 15 is 0 Å². The molecule has 22 heavy (non-hydrogen) atoms. The van der Waals surface area contributed by atoms with Gasteiger partial charge in [-0.15, -0.1) is 0 Å². The number of fused-ring (bicyclic) bond motifs is 2. The number of rotatable bonds is 3. The second-order valence-corrected chi connectivity index (χ2v) is 5.74. The number of carbonyl (C=O) groups is 1. The van der Waals surface area contributed by atoms with Gasteiger partial charge in [0.1, 0.15) is 5.58 Å². The Kier molecular flexibility index (Phi) is 3.74. The quantitative estimate of drug-likeness (QED) is 0.910. The van der Waals surface area contributed by atoms with Crippen molar-refractivity contribution < 1.29 is 19.4 Å². The average molecular weight is 302 g/mol. The molecule has 1 unspecified atom stereocenters. The van der Waals surface area contributed by atoms with Gasteiger partial charge in [-0.1, -0.05) is 13.3 Å². The number of aliphatic hydroxyl groups is 1. The van der Waals surface area contributed by atoms with Gasteiger partial charge in [0.05, 0.1) is 11.5 Å². The van der Waals surface area contributed by atoms with Crippen molar-refractivity contribution in [2.75, 3.05) is 0 Å². The van der Waals surface area contributed by atoms with Crippen LogP contribution in [0.4, 0.5) is 0 Å². The highest BCUT2D eigenvalue weighted by Gasteiger charge is 2.25. The lowest BCUT2D eigenvalue weighted by molar-refractivity contribution is 0.0663. The Morgan fingerprint density at radius 3 is 2.86 bits per heavy atom. The van der Waals surface area contributed by atoms with E-state index in [1.807, 2.05) is 6.92 Å². The molecule has 2 N–H and O–H groups in total. The number of aryl methyl sites for hydroxylation is 1. The van der Waals surface area contributed by atoms with Gasteiger partial charge in [-0.2, -0.15) is 0 Å². The Bertz CT molecular complexity index is 803. The highest BCUT2D eigenvalue weighted by atomic mass is 16.4. The number of aliphatic hydroxyl groups excluding tert-OH is 1. The number of hydrogen-bond donors (Lipinski definition) is 2. The molecule has 1 aliphatic rings. The Balaban J connectivity index is 2.40. The number of benzene rings is 1. The molecule has 0 saturated heterocycles. The third-order valence-electron chi connectivity index (χ3n) is 4.25. The SMILES string of the molecule is CCCc1c2c(cc3c(=O)cc(C(=O)O)oc13)C(O)CCC2. The summed E-state index contributed by atoms with van der Waals surface area (Å²) in [5.74, 6) is -1.59. The molecule has 5 nitrogen and oxygen atoms in total. The van der Waals surface area contributed by atoms with E-state index in [1.165, 1.54) is 0 Å². The average Bonchev–Trinajstić information content (AvgIpc) is 2.48. The molecule has 0 bridgehead atoms. The van der Waals surface area contributed by atoms with Crippen molar-refractivity contribution >= 4 is 16.9 Å². The summed E-state index contributed by atoms with van der Waals surface area (Å²) >= 11 is 0. The monoisotopic (exact) mass is 302 g/mol. The van der Waals surface area contributed by atoms with Crippen LogP contribution in [0, 0.1) is 0 Å². The molecule has 0 saturated carbocycles. The second-order valence-electron chi connectivity index (χ2n) is 5.74. The minimum atomic E-state index is -1.25. The van der Waals surface area contributed by atoms with Crippen LogP contribution in [0.15, 0.2) is 21.3 Å². The van der Waals surface area contributed by atoms with Crippen LogP contribution in [-0.4, -0.2) is 16.2 Å². The third kappa shape index (κ3) is 2.31. The van der Waals surface area contributed by atoms with Crippen LogP contribution in [0.1, 0.15) is 59.5 Å². The number of carboxylic acid groups (broad SMARTS) is 1. The third-order valence-corrected chi connectivity index (χ3v) is 4.25. The number of hydrogen-bond acceptors (Lipinski definition) is 4. The molecule has 0 fully saturated rings. The van der Waals surface area contributed by atoms with Crippen LogP contribution in [0.5, 0.6) is 0 Å². The highest BCUT2D eigenvalue weighted by Crippen LogP contribution is 2.36. The lowest BCUT2D eigenvalue weighted by Gasteiger charge is -2.24. The molecule has 1 heterocycles.